The first kappa shape index (κ1) is 46.5. The van der Waals surface area contributed by atoms with Gasteiger partial charge in [0.25, 0.3) is 0 Å². The maximum Gasteiger partial charge on any atom is 0.470 e. The zero-order valence-electron chi connectivity index (χ0n) is 30.8. The van der Waals surface area contributed by atoms with Gasteiger partial charge in [-0.15, -0.1) is 0 Å². The van der Waals surface area contributed by atoms with Gasteiger partial charge < -0.3 is 29.8 Å². The Morgan fingerprint density at radius 3 is 0.851 bits per heavy atom. The fourth-order valence-electron chi connectivity index (χ4n) is 5.05. The second-order valence-corrected chi connectivity index (χ2v) is 18.3. The molecule has 0 saturated carbocycles. The molecule has 47 heavy (non-hydrogen) atoms. The molecule has 0 bridgehead atoms. The molecule has 0 fully saturated rings. The minimum absolute atomic E-state index is 0. The quantitative estimate of drug-likeness (QED) is 0.114. The third kappa shape index (κ3) is 14.3. The third-order valence-corrected chi connectivity index (χ3v) is 8.57. The van der Waals surface area contributed by atoms with Crippen molar-refractivity contribution in [3.8, 4) is 11.5 Å². The van der Waals surface area contributed by atoms with E-state index < -0.39 is 27.9 Å². The van der Waals surface area contributed by atoms with Gasteiger partial charge in [-0.3, -0.25) is 9.05 Å². The molecule has 10 nitrogen and oxygen atoms in total. The van der Waals surface area contributed by atoms with Crippen molar-refractivity contribution in [1.29, 1.82) is 0 Å². The van der Waals surface area contributed by atoms with Crippen molar-refractivity contribution >= 4 is 53.4 Å². The summed E-state index contributed by atoms with van der Waals surface area (Å²) in [4.78, 5) is 36.5. The average Bonchev–Trinajstić information content (AvgIpc) is 2.82. The number of phosphoric acid groups is 2. The Labute approximate surface area is 312 Å². The van der Waals surface area contributed by atoms with E-state index in [0.29, 0.717) is 24.0 Å². The van der Waals surface area contributed by atoms with Gasteiger partial charge in [-0.05, 0) is 92.1 Å². The van der Waals surface area contributed by atoms with E-state index in [2.05, 4.69) is 0 Å². The summed E-state index contributed by atoms with van der Waals surface area (Å²) < 4.78 is 32.3. The van der Waals surface area contributed by atoms with Gasteiger partial charge in [0.2, 0.25) is 0 Å². The van der Waals surface area contributed by atoms with Gasteiger partial charge in [0.15, 0.2) is 0 Å². The molecule has 2 rings (SSSR count). The van der Waals surface area contributed by atoms with Gasteiger partial charge in [-0.25, -0.2) is 9.13 Å². The first-order chi connectivity index (χ1) is 20.3. The molecule has 0 heterocycles. The predicted molar refractivity (Wildman–Crippen MR) is 189 cm³/mol. The van der Waals surface area contributed by atoms with Gasteiger partial charge in [0.1, 0.15) is 11.5 Å². The van der Waals surface area contributed by atoms with Crippen LogP contribution in [0.5, 0.6) is 11.5 Å². The molecule has 2 radical (unpaired) electrons. The summed E-state index contributed by atoms with van der Waals surface area (Å²) in [6.07, 6.45) is -0.608. The van der Waals surface area contributed by atoms with Crippen LogP contribution in [-0.4, -0.2) is 67.5 Å². The van der Waals surface area contributed by atoms with Crippen molar-refractivity contribution in [3.63, 3.8) is 0 Å². The van der Waals surface area contributed by atoms with Crippen LogP contribution in [0.2, 0.25) is 0 Å². The molecular formula is C34H58CaO10P2. The van der Waals surface area contributed by atoms with Crippen LogP contribution >= 0.6 is 15.6 Å². The Bertz CT molecular complexity index is 1260. The molecule has 0 saturated heterocycles. The second kappa shape index (κ2) is 16.7. The number of phenolic OH excluding ortho intramolecular Hbond substituents is 2. The Balaban J connectivity index is 0.000000882. The van der Waals surface area contributed by atoms with Crippen molar-refractivity contribution in [2.24, 2.45) is 0 Å². The van der Waals surface area contributed by atoms with Gasteiger partial charge in [0, 0.05) is 37.7 Å². The van der Waals surface area contributed by atoms with Crippen molar-refractivity contribution in [1.82, 2.24) is 0 Å². The zero-order chi connectivity index (χ0) is 36.4. The first-order valence-electron chi connectivity index (χ1n) is 15.6. The molecule has 2 unspecified atom stereocenters. The number of aromatic hydroxyl groups is 2. The van der Waals surface area contributed by atoms with Crippen LogP contribution in [0.1, 0.15) is 155 Å². The molecule has 0 spiro atoms. The summed E-state index contributed by atoms with van der Waals surface area (Å²) in [5.41, 5.74) is 3.09. The molecule has 6 N–H and O–H groups in total. The van der Waals surface area contributed by atoms with E-state index in [0.717, 1.165) is 22.3 Å². The van der Waals surface area contributed by atoms with Crippen LogP contribution in [0.4, 0.5) is 0 Å². The summed E-state index contributed by atoms with van der Waals surface area (Å²) in [5.74, 6) is 0.472. The van der Waals surface area contributed by atoms with E-state index in [9.17, 15) is 19.3 Å². The fraction of sp³-hybridized carbons (Fsp3) is 0.647. The summed E-state index contributed by atoms with van der Waals surface area (Å²) >= 11 is 0. The molecule has 13 heteroatoms. The Hall–Kier alpha value is -0.480. The van der Waals surface area contributed by atoms with Crippen molar-refractivity contribution in [2.45, 2.75) is 144 Å². The summed E-state index contributed by atoms with van der Waals surface area (Å²) in [7, 11) is -9.18. The molecule has 0 aromatic heterocycles. The predicted octanol–water partition coefficient (Wildman–Crippen LogP) is 8.71. The van der Waals surface area contributed by atoms with Crippen LogP contribution in [-0.2, 0) is 39.8 Å². The molecule has 0 aliphatic rings. The SMILES string of the molecule is CCC(OP(=O)(O)O)c1cc(C(C)(C)C)c(O)c(C(C)(C)C)c1.CCC(OP(=O)(O)O)c1cc(C(C)(C)C)c(O)c(C(C)(C)C)c1.[Ca]. The van der Waals surface area contributed by atoms with Gasteiger partial charge in [-0.2, -0.15) is 0 Å². The number of hydrogen-bond acceptors (Lipinski definition) is 6. The molecule has 0 amide bonds. The molecular weight excluding hydrogens is 670 g/mol. The molecule has 2 atom stereocenters. The van der Waals surface area contributed by atoms with E-state index in [-0.39, 0.29) is 70.9 Å². The second-order valence-electron chi connectivity index (χ2n) is 15.9. The summed E-state index contributed by atoms with van der Waals surface area (Å²) in [6.45, 7) is 27.5. The minimum Gasteiger partial charge on any atom is -0.507 e. The maximum absolute atomic E-state index is 11.2. The van der Waals surface area contributed by atoms with Gasteiger partial charge in [-0.1, -0.05) is 96.9 Å². The molecule has 2 aromatic carbocycles. The molecule has 266 valence electrons. The van der Waals surface area contributed by atoms with Gasteiger partial charge >= 0.3 is 15.6 Å². The molecule has 0 aliphatic heterocycles. The number of phenols is 2. The maximum atomic E-state index is 11.2. The Morgan fingerprint density at radius 1 is 0.532 bits per heavy atom. The monoisotopic (exact) mass is 728 g/mol. The average molecular weight is 729 g/mol. The number of benzene rings is 2. The van der Waals surface area contributed by atoms with Crippen LogP contribution in [0.3, 0.4) is 0 Å². The number of hydrogen-bond donors (Lipinski definition) is 6. The smallest absolute Gasteiger partial charge is 0.470 e. The van der Waals surface area contributed by atoms with E-state index in [1.54, 1.807) is 38.1 Å². The van der Waals surface area contributed by atoms with Crippen molar-refractivity contribution in [2.75, 3.05) is 0 Å². The van der Waals surface area contributed by atoms with E-state index >= 15 is 0 Å². The largest absolute Gasteiger partial charge is 0.507 e. The van der Waals surface area contributed by atoms with Crippen molar-refractivity contribution in [3.05, 3.63) is 57.6 Å². The minimum atomic E-state index is -4.59. The van der Waals surface area contributed by atoms with Crippen molar-refractivity contribution < 1.29 is 48.0 Å². The standard InChI is InChI=1S/2C17H29O5P.Ca/c2*1-8-14(22-23(19,20)21)11-9-12(16(2,3)4)15(18)13(10-11)17(5,6)7;/h2*9-10,14,18H,8H2,1-7H3,(H2,19,20,21);. The Kier molecular flexibility index (Phi) is 16.5. The molecule has 0 aliphatic carbocycles. The fourth-order valence-corrected chi connectivity index (χ4v) is 6.25. The molecule has 2 aromatic rings. The van der Waals surface area contributed by atoms with Gasteiger partial charge in [0.05, 0.1) is 12.2 Å². The van der Waals surface area contributed by atoms with E-state index in [1.165, 1.54) is 0 Å². The number of rotatable bonds is 8. The summed E-state index contributed by atoms with van der Waals surface area (Å²) in [5, 5.41) is 21.4. The van der Waals surface area contributed by atoms with Crippen LogP contribution in [0, 0.1) is 0 Å². The first-order valence-corrected chi connectivity index (χ1v) is 18.6. The normalized spacial score (nSPS) is 14.5. The van der Waals surface area contributed by atoms with Crippen LogP contribution in [0.15, 0.2) is 24.3 Å². The number of phosphoric ester groups is 2. The van der Waals surface area contributed by atoms with E-state index in [4.69, 9.17) is 28.6 Å². The topological polar surface area (TPSA) is 174 Å². The van der Waals surface area contributed by atoms with Crippen LogP contribution in [0.25, 0.3) is 0 Å². The Morgan fingerprint density at radius 2 is 0.723 bits per heavy atom. The van der Waals surface area contributed by atoms with Crippen LogP contribution < -0.4 is 0 Å². The summed E-state index contributed by atoms with van der Waals surface area (Å²) in [6, 6.07) is 7.14. The third-order valence-electron chi connectivity index (χ3n) is 7.51. The zero-order valence-corrected chi connectivity index (χ0v) is 34.8. The van der Waals surface area contributed by atoms with E-state index in [1.807, 2.05) is 83.1 Å².